The molecule has 0 fully saturated rings. The van der Waals surface area contributed by atoms with Crippen LogP contribution in [0, 0.1) is 10.1 Å². The highest BCUT2D eigenvalue weighted by atomic mass is 16.6. The zero-order chi connectivity index (χ0) is 28.4. The molecule has 0 aliphatic heterocycles. The van der Waals surface area contributed by atoms with Gasteiger partial charge in [0.05, 0.1) is 47.2 Å². The number of ether oxygens (including phenoxy) is 3. The summed E-state index contributed by atoms with van der Waals surface area (Å²) in [6, 6.07) is 16.9. The summed E-state index contributed by atoms with van der Waals surface area (Å²) in [7, 11) is 1.56. The standard InChI is InChI=1S/C29H26N4O7/c1-5-38-25-14-18(13-22(33(35)36)27(25)39-17(2)3)16-30-32-28(31-21-10-7-6-9-19(21)29(32)34)26-15-20-23(37-4)11-8-12-24(20)40-26/h6-17H,5H2,1-4H3. The number of para-hydroxylation sites is 1. The molecule has 0 saturated heterocycles. The Labute approximate surface area is 228 Å². The van der Waals surface area contributed by atoms with Crippen LogP contribution in [-0.2, 0) is 0 Å². The number of furan rings is 1. The van der Waals surface area contributed by atoms with Crippen LogP contribution in [0.1, 0.15) is 26.3 Å². The molecule has 0 bridgehead atoms. The second-order valence-electron chi connectivity index (χ2n) is 9.02. The SMILES string of the molecule is CCOc1cc(C=Nn2c(-c3cc4c(OC)cccc4o3)nc3ccccc3c2=O)cc([N+](=O)[O-])c1OC(C)C. The van der Waals surface area contributed by atoms with Gasteiger partial charge in [-0.15, -0.1) is 0 Å². The van der Waals surface area contributed by atoms with Crippen molar-refractivity contribution in [1.29, 1.82) is 0 Å². The number of fused-ring (bicyclic) bond motifs is 2. The van der Waals surface area contributed by atoms with Gasteiger partial charge in [0.15, 0.2) is 11.5 Å². The molecule has 0 spiro atoms. The number of hydrogen-bond donors (Lipinski definition) is 0. The first kappa shape index (κ1) is 26.4. The summed E-state index contributed by atoms with van der Waals surface area (Å²) in [5.74, 6) is 1.27. The maximum Gasteiger partial charge on any atom is 0.315 e. The van der Waals surface area contributed by atoms with Gasteiger partial charge in [0, 0.05) is 11.6 Å². The first-order valence-corrected chi connectivity index (χ1v) is 12.6. The van der Waals surface area contributed by atoms with E-state index in [2.05, 4.69) is 10.1 Å². The molecule has 11 nitrogen and oxygen atoms in total. The summed E-state index contributed by atoms with van der Waals surface area (Å²) >= 11 is 0. The summed E-state index contributed by atoms with van der Waals surface area (Å²) in [6.45, 7) is 5.56. The molecule has 0 aliphatic rings. The van der Waals surface area contributed by atoms with Crippen molar-refractivity contribution in [2.75, 3.05) is 13.7 Å². The van der Waals surface area contributed by atoms with E-state index in [1.54, 1.807) is 82.5 Å². The van der Waals surface area contributed by atoms with Gasteiger partial charge in [-0.05, 0) is 57.2 Å². The quantitative estimate of drug-likeness (QED) is 0.130. The molecule has 5 aromatic rings. The molecule has 0 radical (unpaired) electrons. The third-order valence-corrected chi connectivity index (χ3v) is 5.95. The molecule has 0 atom stereocenters. The number of aromatic nitrogens is 2. The fourth-order valence-corrected chi connectivity index (χ4v) is 4.27. The molecule has 40 heavy (non-hydrogen) atoms. The predicted molar refractivity (Wildman–Crippen MR) is 151 cm³/mol. The highest BCUT2D eigenvalue weighted by Gasteiger charge is 2.24. The molecule has 2 heterocycles. The minimum absolute atomic E-state index is 0.0282. The summed E-state index contributed by atoms with van der Waals surface area (Å²) in [4.78, 5) is 29.6. The van der Waals surface area contributed by atoms with Crippen molar-refractivity contribution >= 4 is 33.8 Å². The highest BCUT2D eigenvalue weighted by Crippen LogP contribution is 2.39. The minimum Gasteiger partial charge on any atom is -0.496 e. The largest absolute Gasteiger partial charge is 0.496 e. The Bertz CT molecular complexity index is 1820. The van der Waals surface area contributed by atoms with E-state index in [0.29, 0.717) is 38.9 Å². The van der Waals surface area contributed by atoms with Crippen molar-refractivity contribution in [1.82, 2.24) is 9.66 Å². The minimum atomic E-state index is -0.547. The van der Waals surface area contributed by atoms with Crippen LogP contribution in [0.5, 0.6) is 17.2 Å². The molecule has 204 valence electrons. The van der Waals surface area contributed by atoms with Crippen LogP contribution in [0.25, 0.3) is 33.5 Å². The average Bonchev–Trinajstić information content (AvgIpc) is 3.38. The van der Waals surface area contributed by atoms with Crippen molar-refractivity contribution in [2.45, 2.75) is 26.9 Å². The number of nitro groups is 1. The second-order valence-corrected chi connectivity index (χ2v) is 9.02. The fourth-order valence-electron chi connectivity index (χ4n) is 4.27. The molecular formula is C29H26N4O7. The van der Waals surface area contributed by atoms with Crippen molar-refractivity contribution in [2.24, 2.45) is 5.10 Å². The van der Waals surface area contributed by atoms with E-state index in [4.69, 9.17) is 18.6 Å². The maximum absolute atomic E-state index is 13.6. The lowest BCUT2D eigenvalue weighted by molar-refractivity contribution is -0.386. The van der Waals surface area contributed by atoms with Gasteiger partial charge in [-0.25, -0.2) is 4.98 Å². The van der Waals surface area contributed by atoms with Crippen LogP contribution in [0.3, 0.4) is 0 Å². The van der Waals surface area contributed by atoms with Crippen LogP contribution in [0.2, 0.25) is 0 Å². The monoisotopic (exact) mass is 542 g/mol. The smallest absolute Gasteiger partial charge is 0.315 e. The van der Waals surface area contributed by atoms with Gasteiger partial charge in [0.1, 0.15) is 11.3 Å². The third kappa shape index (κ3) is 4.96. The van der Waals surface area contributed by atoms with Crippen LogP contribution in [0.4, 0.5) is 5.69 Å². The van der Waals surface area contributed by atoms with Gasteiger partial charge < -0.3 is 18.6 Å². The number of nitrogens with zero attached hydrogens (tertiary/aromatic N) is 4. The van der Waals surface area contributed by atoms with Gasteiger partial charge in [-0.1, -0.05) is 18.2 Å². The van der Waals surface area contributed by atoms with Crippen molar-refractivity contribution < 1.29 is 23.6 Å². The molecule has 0 N–H and O–H groups in total. The number of hydrogen-bond acceptors (Lipinski definition) is 9. The summed E-state index contributed by atoms with van der Waals surface area (Å²) in [5.41, 5.74) is 0.609. The zero-order valence-corrected chi connectivity index (χ0v) is 22.3. The average molecular weight is 543 g/mol. The normalized spacial score (nSPS) is 11.5. The molecule has 0 unspecified atom stereocenters. The topological polar surface area (TPSA) is 131 Å². The maximum atomic E-state index is 13.6. The summed E-state index contributed by atoms with van der Waals surface area (Å²) < 4.78 is 24.0. The van der Waals surface area contributed by atoms with E-state index < -0.39 is 10.5 Å². The van der Waals surface area contributed by atoms with Crippen molar-refractivity contribution in [3.63, 3.8) is 0 Å². The lowest BCUT2D eigenvalue weighted by Crippen LogP contribution is -2.20. The van der Waals surface area contributed by atoms with Crippen LogP contribution < -0.4 is 19.8 Å². The van der Waals surface area contributed by atoms with Gasteiger partial charge in [-0.3, -0.25) is 14.9 Å². The van der Waals surface area contributed by atoms with Crippen molar-refractivity contribution in [3.8, 4) is 28.8 Å². The number of methoxy groups -OCH3 is 1. The highest BCUT2D eigenvalue weighted by molar-refractivity contribution is 5.89. The lowest BCUT2D eigenvalue weighted by atomic mass is 10.1. The first-order chi connectivity index (χ1) is 19.3. The molecular weight excluding hydrogens is 516 g/mol. The molecule has 0 saturated carbocycles. The molecule has 11 heteroatoms. The summed E-state index contributed by atoms with van der Waals surface area (Å²) in [5, 5.41) is 17.4. The van der Waals surface area contributed by atoms with E-state index >= 15 is 0 Å². The van der Waals surface area contributed by atoms with E-state index in [1.807, 2.05) is 0 Å². The van der Waals surface area contributed by atoms with Gasteiger partial charge in [0.2, 0.25) is 11.6 Å². The van der Waals surface area contributed by atoms with Crippen LogP contribution >= 0.6 is 0 Å². The third-order valence-electron chi connectivity index (χ3n) is 5.95. The van der Waals surface area contributed by atoms with E-state index in [9.17, 15) is 14.9 Å². The number of benzene rings is 3. The number of rotatable bonds is 9. The molecule has 5 rings (SSSR count). The Morgan fingerprint density at radius 1 is 1.10 bits per heavy atom. The number of nitro benzene ring substituents is 1. The van der Waals surface area contributed by atoms with Crippen LogP contribution in [-0.4, -0.2) is 40.6 Å². The van der Waals surface area contributed by atoms with E-state index in [0.717, 1.165) is 4.68 Å². The Morgan fingerprint density at radius 3 is 2.62 bits per heavy atom. The summed E-state index contributed by atoms with van der Waals surface area (Å²) in [6.07, 6.45) is 1.02. The molecule has 2 aromatic heterocycles. The lowest BCUT2D eigenvalue weighted by Gasteiger charge is -2.15. The Kier molecular flexibility index (Phi) is 7.19. The van der Waals surface area contributed by atoms with Crippen molar-refractivity contribution in [3.05, 3.63) is 86.7 Å². The first-order valence-electron chi connectivity index (χ1n) is 12.6. The fraction of sp³-hybridized carbons (Fsp3) is 0.207. The van der Waals surface area contributed by atoms with Gasteiger partial charge in [-0.2, -0.15) is 9.78 Å². The zero-order valence-electron chi connectivity index (χ0n) is 22.3. The second kappa shape index (κ2) is 10.9. The van der Waals surface area contributed by atoms with E-state index in [-0.39, 0.29) is 35.7 Å². The van der Waals surface area contributed by atoms with E-state index in [1.165, 1.54) is 12.3 Å². The molecule has 0 aliphatic carbocycles. The van der Waals surface area contributed by atoms with Gasteiger partial charge >= 0.3 is 5.69 Å². The van der Waals surface area contributed by atoms with Crippen LogP contribution in [0.15, 0.2) is 75.0 Å². The Balaban J connectivity index is 1.70. The van der Waals surface area contributed by atoms with Gasteiger partial charge in [0.25, 0.3) is 5.56 Å². The Hall–Kier alpha value is -5.19. The molecule has 0 amide bonds. The molecule has 3 aromatic carbocycles. The predicted octanol–water partition coefficient (Wildman–Crippen LogP) is 5.79. The Morgan fingerprint density at radius 2 is 1.90 bits per heavy atom.